The Morgan fingerprint density at radius 2 is 1.60 bits per heavy atom. The molecule has 2 aromatic rings. The Bertz CT molecular complexity index is 617. The average molecular weight is 336 g/mol. The Morgan fingerprint density at radius 3 is 2.20 bits per heavy atom. The van der Waals surface area contributed by atoms with Crippen LogP contribution >= 0.6 is 15.9 Å². The van der Waals surface area contributed by atoms with Crippen molar-refractivity contribution in [2.75, 3.05) is 5.32 Å². The van der Waals surface area contributed by atoms with Crippen molar-refractivity contribution in [2.45, 2.75) is 33.7 Å². The number of anilines is 1. The molecule has 0 spiro atoms. The molecule has 1 N–H and O–H groups in total. The first kappa shape index (κ1) is 15.0. The molecule has 0 saturated carbocycles. The van der Waals surface area contributed by atoms with Gasteiger partial charge in [0.1, 0.15) is 5.82 Å². The summed E-state index contributed by atoms with van der Waals surface area (Å²) < 4.78 is 13.9. The molecule has 1 unspecified atom stereocenters. The van der Waals surface area contributed by atoms with Crippen molar-refractivity contribution in [2.24, 2.45) is 0 Å². The van der Waals surface area contributed by atoms with Gasteiger partial charge in [0.15, 0.2) is 0 Å². The molecule has 2 aromatic carbocycles. The van der Waals surface area contributed by atoms with E-state index in [0.717, 1.165) is 11.3 Å². The molecule has 0 aliphatic rings. The van der Waals surface area contributed by atoms with Crippen molar-refractivity contribution in [1.82, 2.24) is 0 Å². The molecule has 20 heavy (non-hydrogen) atoms. The van der Waals surface area contributed by atoms with Gasteiger partial charge in [-0.15, -0.1) is 0 Å². The fourth-order valence-corrected chi connectivity index (χ4v) is 2.72. The molecule has 106 valence electrons. The smallest absolute Gasteiger partial charge is 0.137 e. The number of aryl methyl sites for hydroxylation is 3. The van der Waals surface area contributed by atoms with Gasteiger partial charge in [-0.1, -0.05) is 29.3 Å². The second kappa shape index (κ2) is 5.96. The molecule has 0 saturated heterocycles. The van der Waals surface area contributed by atoms with Crippen LogP contribution in [0.5, 0.6) is 0 Å². The van der Waals surface area contributed by atoms with Crippen molar-refractivity contribution >= 4 is 21.6 Å². The largest absolute Gasteiger partial charge is 0.378 e. The minimum Gasteiger partial charge on any atom is -0.378 e. The van der Waals surface area contributed by atoms with Crippen molar-refractivity contribution in [3.63, 3.8) is 0 Å². The zero-order valence-corrected chi connectivity index (χ0v) is 13.8. The van der Waals surface area contributed by atoms with Crippen LogP contribution in [0.3, 0.4) is 0 Å². The van der Waals surface area contributed by atoms with Crippen LogP contribution in [0.4, 0.5) is 10.1 Å². The molecule has 0 amide bonds. The van der Waals surface area contributed by atoms with Gasteiger partial charge in [0.2, 0.25) is 0 Å². The van der Waals surface area contributed by atoms with E-state index in [1.54, 1.807) is 12.1 Å². The third-order valence-electron chi connectivity index (χ3n) is 3.38. The quantitative estimate of drug-likeness (QED) is 0.760. The summed E-state index contributed by atoms with van der Waals surface area (Å²) in [5, 5.41) is 3.45. The summed E-state index contributed by atoms with van der Waals surface area (Å²) in [6.07, 6.45) is 0. The van der Waals surface area contributed by atoms with Crippen LogP contribution in [0, 0.1) is 26.6 Å². The Morgan fingerprint density at radius 1 is 1.00 bits per heavy atom. The zero-order valence-electron chi connectivity index (χ0n) is 12.2. The van der Waals surface area contributed by atoms with Crippen LogP contribution in [-0.2, 0) is 0 Å². The molecule has 3 heteroatoms. The summed E-state index contributed by atoms with van der Waals surface area (Å²) in [6, 6.07) is 10.0. The number of nitrogens with one attached hydrogen (secondary N) is 1. The van der Waals surface area contributed by atoms with E-state index in [9.17, 15) is 4.39 Å². The van der Waals surface area contributed by atoms with E-state index in [-0.39, 0.29) is 11.9 Å². The molecule has 0 bridgehead atoms. The van der Waals surface area contributed by atoms with Crippen molar-refractivity contribution in [3.05, 3.63) is 62.9 Å². The fourth-order valence-electron chi connectivity index (χ4n) is 2.38. The van der Waals surface area contributed by atoms with Gasteiger partial charge in [0.25, 0.3) is 0 Å². The first-order valence-electron chi connectivity index (χ1n) is 6.67. The van der Waals surface area contributed by atoms with E-state index in [0.29, 0.717) is 4.47 Å². The van der Waals surface area contributed by atoms with Gasteiger partial charge >= 0.3 is 0 Å². The summed E-state index contributed by atoms with van der Waals surface area (Å²) in [5.74, 6) is -0.230. The average Bonchev–Trinajstić information content (AvgIpc) is 2.34. The van der Waals surface area contributed by atoms with E-state index < -0.39 is 0 Å². The van der Waals surface area contributed by atoms with Crippen LogP contribution in [0.25, 0.3) is 0 Å². The predicted octanol–water partition coefficient (Wildman–Crippen LogP) is 5.69. The molecule has 2 rings (SSSR count). The van der Waals surface area contributed by atoms with E-state index in [1.165, 1.54) is 16.7 Å². The molecular formula is C17H19BrFN. The van der Waals surface area contributed by atoms with Gasteiger partial charge < -0.3 is 5.32 Å². The Kier molecular flexibility index (Phi) is 4.48. The first-order valence-corrected chi connectivity index (χ1v) is 7.46. The van der Waals surface area contributed by atoms with Gasteiger partial charge in [-0.25, -0.2) is 4.39 Å². The van der Waals surface area contributed by atoms with Crippen molar-refractivity contribution in [3.8, 4) is 0 Å². The van der Waals surface area contributed by atoms with E-state index >= 15 is 0 Å². The van der Waals surface area contributed by atoms with Gasteiger partial charge in [0.05, 0.1) is 4.47 Å². The Labute approximate surface area is 128 Å². The van der Waals surface area contributed by atoms with E-state index in [4.69, 9.17) is 0 Å². The third kappa shape index (κ3) is 3.40. The SMILES string of the molecule is Cc1cc(C)cc(C(C)Nc2cc(Br)c(F)cc2C)c1. The number of hydrogen-bond acceptors (Lipinski definition) is 1. The number of halogens is 2. The lowest BCUT2D eigenvalue weighted by atomic mass is 10.0. The normalized spacial score (nSPS) is 12.3. The highest BCUT2D eigenvalue weighted by Crippen LogP contribution is 2.28. The number of rotatable bonds is 3. The second-order valence-corrected chi connectivity index (χ2v) is 6.22. The lowest BCUT2D eigenvalue weighted by molar-refractivity contribution is 0.620. The van der Waals surface area contributed by atoms with Crippen LogP contribution < -0.4 is 5.32 Å². The molecule has 0 aromatic heterocycles. The molecular weight excluding hydrogens is 317 g/mol. The molecule has 0 aliphatic heterocycles. The standard InChI is InChI=1S/C17H19BrFN/c1-10-5-11(2)7-14(6-10)13(4)20-17-9-15(18)16(19)8-12(17)3/h5-9,13,20H,1-4H3. The highest BCUT2D eigenvalue weighted by molar-refractivity contribution is 9.10. The van der Waals surface area contributed by atoms with Crippen LogP contribution in [0.15, 0.2) is 34.8 Å². The maximum atomic E-state index is 13.5. The van der Waals surface area contributed by atoms with Crippen molar-refractivity contribution in [1.29, 1.82) is 0 Å². The Hall–Kier alpha value is -1.35. The van der Waals surface area contributed by atoms with Crippen LogP contribution in [0.2, 0.25) is 0 Å². The topological polar surface area (TPSA) is 12.0 Å². The summed E-state index contributed by atoms with van der Waals surface area (Å²) >= 11 is 3.23. The van der Waals surface area contributed by atoms with E-state index in [2.05, 4.69) is 60.2 Å². The minimum atomic E-state index is -0.230. The monoisotopic (exact) mass is 335 g/mol. The summed E-state index contributed by atoms with van der Waals surface area (Å²) in [6.45, 7) is 8.23. The van der Waals surface area contributed by atoms with Gasteiger partial charge in [0, 0.05) is 11.7 Å². The summed E-state index contributed by atoms with van der Waals surface area (Å²) in [5.41, 5.74) is 5.60. The van der Waals surface area contributed by atoms with Crippen molar-refractivity contribution < 1.29 is 4.39 Å². The molecule has 0 fully saturated rings. The number of benzene rings is 2. The lowest BCUT2D eigenvalue weighted by Crippen LogP contribution is -2.08. The predicted molar refractivity (Wildman–Crippen MR) is 86.8 cm³/mol. The van der Waals surface area contributed by atoms with Crippen LogP contribution in [-0.4, -0.2) is 0 Å². The lowest BCUT2D eigenvalue weighted by Gasteiger charge is -2.19. The molecule has 1 nitrogen and oxygen atoms in total. The summed E-state index contributed by atoms with van der Waals surface area (Å²) in [7, 11) is 0. The third-order valence-corrected chi connectivity index (χ3v) is 3.99. The first-order chi connectivity index (χ1) is 9.36. The van der Waals surface area contributed by atoms with Gasteiger partial charge in [-0.3, -0.25) is 0 Å². The minimum absolute atomic E-state index is 0.171. The molecule has 1 atom stereocenters. The Balaban J connectivity index is 2.27. The maximum Gasteiger partial charge on any atom is 0.137 e. The maximum absolute atomic E-state index is 13.5. The zero-order chi connectivity index (χ0) is 14.9. The van der Waals surface area contributed by atoms with E-state index in [1.807, 2.05) is 6.92 Å². The molecule has 0 radical (unpaired) electrons. The highest BCUT2D eigenvalue weighted by atomic mass is 79.9. The number of hydrogen-bond donors (Lipinski definition) is 1. The second-order valence-electron chi connectivity index (χ2n) is 5.37. The van der Waals surface area contributed by atoms with Crippen LogP contribution in [0.1, 0.15) is 35.2 Å². The highest BCUT2D eigenvalue weighted by Gasteiger charge is 2.10. The fraction of sp³-hybridized carbons (Fsp3) is 0.294. The molecule has 0 heterocycles. The summed E-state index contributed by atoms with van der Waals surface area (Å²) in [4.78, 5) is 0. The molecule has 0 aliphatic carbocycles. The van der Waals surface area contributed by atoms with Gasteiger partial charge in [-0.05, 0) is 66.9 Å². The van der Waals surface area contributed by atoms with Gasteiger partial charge in [-0.2, -0.15) is 0 Å².